The number of rotatable bonds is 11. The van der Waals surface area contributed by atoms with Crippen molar-refractivity contribution in [3.05, 3.63) is 117 Å². The van der Waals surface area contributed by atoms with Gasteiger partial charge in [-0.25, -0.2) is 9.59 Å². The highest BCUT2D eigenvalue weighted by atomic mass is 127. The molecule has 0 saturated carbocycles. The van der Waals surface area contributed by atoms with Gasteiger partial charge < -0.3 is 25.1 Å². The molecule has 212 valence electrons. The number of aromatic amines is 1. The molecule has 8 nitrogen and oxygen atoms in total. The Hall–Kier alpha value is -4.12. The zero-order valence-corrected chi connectivity index (χ0v) is 25.0. The van der Waals surface area contributed by atoms with Crippen LogP contribution in [0.2, 0.25) is 0 Å². The van der Waals surface area contributed by atoms with E-state index in [0.29, 0.717) is 18.5 Å². The first-order valence-electron chi connectivity index (χ1n) is 13.2. The van der Waals surface area contributed by atoms with Gasteiger partial charge in [-0.05, 0) is 63.9 Å². The van der Waals surface area contributed by atoms with E-state index in [0.717, 1.165) is 31.2 Å². The van der Waals surface area contributed by atoms with Gasteiger partial charge in [-0.1, -0.05) is 73.7 Å². The number of halogens is 1. The first kappa shape index (κ1) is 29.9. The summed E-state index contributed by atoms with van der Waals surface area (Å²) in [5.41, 5.74) is 4.20. The van der Waals surface area contributed by atoms with Crippen LogP contribution >= 0.6 is 22.6 Å². The molecule has 0 aliphatic carbocycles. The zero-order chi connectivity index (χ0) is 29.2. The second kappa shape index (κ2) is 14.5. The summed E-state index contributed by atoms with van der Waals surface area (Å²) in [4.78, 5) is 40.9. The number of carbonyl (C=O) groups excluding carboxylic acids is 3. The van der Waals surface area contributed by atoms with Crippen molar-refractivity contribution in [1.29, 1.82) is 0 Å². The van der Waals surface area contributed by atoms with Crippen molar-refractivity contribution in [3.8, 4) is 0 Å². The van der Waals surface area contributed by atoms with Crippen LogP contribution in [0.25, 0.3) is 10.9 Å². The van der Waals surface area contributed by atoms with Crippen LogP contribution < -0.4 is 10.6 Å². The molecule has 3 aromatic carbocycles. The second-order valence-corrected chi connectivity index (χ2v) is 10.7. The molecule has 0 radical (unpaired) electrons. The number of para-hydroxylation sites is 1. The highest BCUT2D eigenvalue weighted by molar-refractivity contribution is 14.1. The van der Waals surface area contributed by atoms with Gasteiger partial charge in [0.15, 0.2) is 0 Å². The quantitative estimate of drug-likeness (QED) is 0.130. The fraction of sp³-hybridized carbons (Fsp3) is 0.219. The number of methoxy groups -OCH3 is 1. The Bertz CT molecular complexity index is 1520. The summed E-state index contributed by atoms with van der Waals surface area (Å²) in [5, 5.41) is 7.06. The molecule has 9 heteroatoms. The predicted molar refractivity (Wildman–Crippen MR) is 167 cm³/mol. The number of ether oxygens (including phenoxy) is 2. The maximum Gasteiger partial charge on any atom is 0.408 e. The van der Waals surface area contributed by atoms with Gasteiger partial charge in [-0.15, -0.1) is 0 Å². The van der Waals surface area contributed by atoms with Gasteiger partial charge in [0, 0.05) is 27.2 Å². The number of benzene rings is 3. The second-order valence-electron chi connectivity index (χ2n) is 9.49. The molecular weight excluding hydrogens is 633 g/mol. The Morgan fingerprint density at radius 3 is 2.41 bits per heavy atom. The van der Waals surface area contributed by atoms with E-state index in [-0.39, 0.29) is 12.5 Å². The largest absolute Gasteiger partial charge is 0.465 e. The molecular formula is C32H32IN3O5. The molecule has 1 unspecified atom stereocenters. The molecule has 0 spiro atoms. The standard InChI is InChI=1S/C32H32IN3O5/c1-21(30(37)34-17-16-25-19-35-28-11-7-6-10-26(25)28)18-27(33)29(23-12-14-24(15-13-23)31(38)40-2)36-32(39)41-20-22-8-4-3-5-9-22/h3-15,18-19,21,29,35H,16-17,20H2,1-2H3,(H,34,37)(H,36,39)/b27-18-/t21-,29?/m1/s1. The summed E-state index contributed by atoms with van der Waals surface area (Å²) >= 11 is 2.13. The highest BCUT2D eigenvalue weighted by Crippen LogP contribution is 2.29. The summed E-state index contributed by atoms with van der Waals surface area (Å²) in [6.07, 6.45) is 3.89. The number of fused-ring (bicyclic) bond motifs is 1. The minimum atomic E-state index is -0.603. The van der Waals surface area contributed by atoms with Gasteiger partial charge in [-0.2, -0.15) is 0 Å². The first-order chi connectivity index (χ1) is 19.9. The lowest BCUT2D eigenvalue weighted by molar-refractivity contribution is -0.123. The first-order valence-corrected chi connectivity index (χ1v) is 14.3. The van der Waals surface area contributed by atoms with Crippen LogP contribution in [0.3, 0.4) is 0 Å². The average Bonchev–Trinajstić information content (AvgIpc) is 3.41. The van der Waals surface area contributed by atoms with Gasteiger partial charge >= 0.3 is 12.1 Å². The summed E-state index contributed by atoms with van der Waals surface area (Å²) < 4.78 is 11.0. The van der Waals surface area contributed by atoms with Crippen molar-refractivity contribution < 1.29 is 23.9 Å². The van der Waals surface area contributed by atoms with E-state index < -0.39 is 24.0 Å². The Kier molecular flexibility index (Phi) is 10.6. The van der Waals surface area contributed by atoms with E-state index in [9.17, 15) is 14.4 Å². The van der Waals surface area contributed by atoms with Crippen LogP contribution in [-0.4, -0.2) is 36.6 Å². The average molecular weight is 666 g/mol. The molecule has 0 fully saturated rings. The minimum absolute atomic E-state index is 0.120. The topological polar surface area (TPSA) is 110 Å². The van der Waals surface area contributed by atoms with Gasteiger partial charge in [-0.3, -0.25) is 4.79 Å². The van der Waals surface area contributed by atoms with E-state index in [1.807, 2.05) is 67.7 Å². The predicted octanol–water partition coefficient (Wildman–Crippen LogP) is 6.24. The smallest absolute Gasteiger partial charge is 0.408 e. The van der Waals surface area contributed by atoms with E-state index in [2.05, 4.69) is 44.3 Å². The van der Waals surface area contributed by atoms with Gasteiger partial charge in [0.1, 0.15) is 6.61 Å². The third-order valence-corrected chi connectivity index (χ3v) is 7.59. The normalized spacial score (nSPS) is 12.8. The molecule has 41 heavy (non-hydrogen) atoms. The van der Waals surface area contributed by atoms with Crippen LogP contribution in [0.1, 0.15) is 40.0 Å². The summed E-state index contributed by atoms with van der Waals surface area (Å²) in [5.74, 6) is -1.03. The number of esters is 1. The monoisotopic (exact) mass is 665 g/mol. The molecule has 4 rings (SSSR count). The van der Waals surface area contributed by atoms with Crippen molar-refractivity contribution in [2.45, 2.75) is 26.0 Å². The summed E-state index contributed by atoms with van der Waals surface area (Å²) in [6, 6.07) is 23.6. The maximum atomic E-state index is 12.9. The Morgan fingerprint density at radius 2 is 1.68 bits per heavy atom. The van der Waals surface area contributed by atoms with E-state index >= 15 is 0 Å². The lowest BCUT2D eigenvalue weighted by Crippen LogP contribution is -2.32. The fourth-order valence-electron chi connectivity index (χ4n) is 4.35. The van der Waals surface area contributed by atoms with Crippen molar-refractivity contribution in [3.63, 3.8) is 0 Å². The molecule has 4 aromatic rings. The Balaban J connectivity index is 1.43. The lowest BCUT2D eigenvalue weighted by Gasteiger charge is -2.20. The van der Waals surface area contributed by atoms with Crippen LogP contribution in [0.4, 0.5) is 4.79 Å². The number of H-pyrrole nitrogens is 1. The maximum absolute atomic E-state index is 12.9. The van der Waals surface area contributed by atoms with E-state index in [1.165, 1.54) is 7.11 Å². The van der Waals surface area contributed by atoms with Crippen molar-refractivity contribution in [1.82, 2.24) is 15.6 Å². The number of hydrogen-bond donors (Lipinski definition) is 3. The highest BCUT2D eigenvalue weighted by Gasteiger charge is 2.21. The molecule has 0 aliphatic rings. The SMILES string of the molecule is COC(=O)c1ccc(C(NC(=O)OCc2ccccc2)/C(I)=C/[C@@H](C)C(=O)NCCc2c[nH]c3ccccc23)cc1. The van der Waals surface area contributed by atoms with Gasteiger partial charge in [0.05, 0.1) is 24.6 Å². The van der Waals surface area contributed by atoms with Gasteiger partial charge in [0.2, 0.25) is 5.91 Å². The van der Waals surface area contributed by atoms with E-state index in [4.69, 9.17) is 9.47 Å². The number of nitrogens with one attached hydrogen (secondary N) is 3. The molecule has 1 heterocycles. The summed E-state index contributed by atoms with van der Waals surface area (Å²) in [7, 11) is 1.32. The number of alkyl carbamates (subject to hydrolysis) is 1. The molecule has 1 aromatic heterocycles. The van der Waals surface area contributed by atoms with Crippen molar-refractivity contribution in [2.75, 3.05) is 13.7 Å². The molecule has 2 atom stereocenters. The molecule has 0 aliphatic heterocycles. The van der Waals surface area contributed by atoms with Crippen molar-refractivity contribution >= 4 is 51.5 Å². The third-order valence-electron chi connectivity index (χ3n) is 6.61. The molecule has 2 amide bonds. The van der Waals surface area contributed by atoms with Crippen LogP contribution in [0.15, 0.2) is 94.7 Å². The number of hydrogen-bond acceptors (Lipinski definition) is 5. The minimum Gasteiger partial charge on any atom is -0.465 e. The zero-order valence-electron chi connectivity index (χ0n) is 22.9. The van der Waals surface area contributed by atoms with Crippen LogP contribution in [0.5, 0.6) is 0 Å². The fourth-order valence-corrected chi connectivity index (χ4v) is 5.41. The Labute approximate surface area is 252 Å². The third kappa shape index (κ3) is 8.20. The van der Waals surface area contributed by atoms with E-state index in [1.54, 1.807) is 24.3 Å². The molecule has 0 saturated heterocycles. The van der Waals surface area contributed by atoms with Crippen molar-refractivity contribution in [2.24, 2.45) is 5.92 Å². The van der Waals surface area contributed by atoms with Crippen LogP contribution in [-0.2, 0) is 27.3 Å². The van der Waals surface area contributed by atoms with Crippen LogP contribution in [0, 0.1) is 5.92 Å². The summed E-state index contributed by atoms with van der Waals surface area (Å²) in [6.45, 7) is 2.43. The van der Waals surface area contributed by atoms with Gasteiger partial charge in [0.25, 0.3) is 0 Å². The molecule has 3 N–H and O–H groups in total. The molecule has 0 bridgehead atoms. The lowest BCUT2D eigenvalue weighted by atomic mass is 10.0. The number of aromatic nitrogens is 1. The number of amides is 2. The Morgan fingerprint density at radius 1 is 0.976 bits per heavy atom. The number of carbonyl (C=O) groups is 3.